The number of nitriles is 1. The molecular formula is C24H16F3NOS. The Labute approximate surface area is 177 Å². The normalized spacial score (nSPS) is 10.7. The standard InChI is InChI=1S/C24H16F3NOS/c1-16-14-21(20-8-10-22(11-9-20)29-24(25,26)27)7-6-19(16)5-3-18-4-12-23(30-15-28)17(2)13-18/h4,6-14H,1-2H3. The first-order valence-electron chi connectivity index (χ1n) is 8.90. The van der Waals surface area contributed by atoms with Gasteiger partial charge in [-0.3, -0.25) is 0 Å². The van der Waals surface area contributed by atoms with Gasteiger partial charge in [-0.05, 0) is 84.3 Å². The molecule has 0 amide bonds. The Hall–Kier alpha value is -3.35. The van der Waals surface area contributed by atoms with Crippen LogP contribution in [0.4, 0.5) is 13.2 Å². The lowest BCUT2D eigenvalue weighted by Crippen LogP contribution is -2.16. The van der Waals surface area contributed by atoms with Crippen LogP contribution in [0.3, 0.4) is 0 Å². The van der Waals surface area contributed by atoms with E-state index in [-0.39, 0.29) is 5.75 Å². The quantitative estimate of drug-likeness (QED) is 0.263. The summed E-state index contributed by atoms with van der Waals surface area (Å²) < 4.78 is 40.8. The van der Waals surface area contributed by atoms with Gasteiger partial charge in [0.2, 0.25) is 0 Å². The van der Waals surface area contributed by atoms with Crippen LogP contribution in [-0.4, -0.2) is 6.36 Å². The molecule has 0 heterocycles. The zero-order chi connectivity index (χ0) is 21.7. The maximum Gasteiger partial charge on any atom is 0.573 e. The molecule has 0 aliphatic heterocycles. The average Bonchev–Trinajstić information content (AvgIpc) is 2.68. The second-order valence-electron chi connectivity index (χ2n) is 6.53. The zero-order valence-corrected chi connectivity index (χ0v) is 17.0. The van der Waals surface area contributed by atoms with E-state index in [1.54, 1.807) is 12.1 Å². The predicted octanol–water partition coefficient (Wildman–Crippen LogP) is 6.84. The Bertz CT molecular complexity index is 1170. The van der Waals surface area contributed by atoms with Crippen LogP contribution in [0.5, 0.6) is 5.75 Å². The van der Waals surface area contributed by atoms with Gasteiger partial charge >= 0.3 is 6.36 Å². The average molecular weight is 423 g/mol. The van der Waals surface area contributed by atoms with Crippen molar-refractivity contribution in [2.75, 3.05) is 0 Å². The third kappa shape index (κ3) is 5.59. The summed E-state index contributed by atoms with van der Waals surface area (Å²) >= 11 is 1.12. The smallest absolute Gasteiger partial charge is 0.406 e. The molecule has 30 heavy (non-hydrogen) atoms. The summed E-state index contributed by atoms with van der Waals surface area (Å²) in [6.07, 6.45) is -4.70. The van der Waals surface area contributed by atoms with E-state index < -0.39 is 6.36 Å². The maximum atomic E-state index is 12.3. The van der Waals surface area contributed by atoms with Gasteiger partial charge in [0.15, 0.2) is 0 Å². The van der Waals surface area contributed by atoms with Gasteiger partial charge in [-0.15, -0.1) is 13.2 Å². The van der Waals surface area contributed by atoms with Gasteiger partial charge in [-0.25, -0.2) is 0 Å². The zero-order valence-electron chi connectivity index (χ0n) is 16.2. The van der Waals surface area contributed by atoms with Crippen LogP contribution in [-0.2, 0) is 0 Å². The van der Waals surface area contributed by atoms with Crippen molar-refractivity contribution >= 4 is 11.8 Å². The van der Waals surface area contributed by atoms with E-state index in [9.17, 15) is 13.2 Å². The van der Waals surface area contributed by atoms with E-state index >= 15 is 0 Å². The van der Waals surface area contributed by atoms with Gasteiger partial charge in [0, 0.05) is 16.0 Å². The molecule has 0 aromatic heterocycles. The van der Waals surface area contributed by atoms with Gasteiger partial charge in [0.1, 0.15) is 11.2 Å². The fourth-order valence-electron chi connectivity index (χ4n) is 2.86. The van der Waals surface area contributed by atoms with Crippen LogP contribution >= 0.6 is 11.8 Å². The van der Waals surface area contributed by atoms with Gasteiger partial charge < -0.3 is 4.74 Å². The number of thiocyanates is 1. The van der Waals surface area contributed by atoms with Crippen LogP contribution in [0.1, 0.15) is 22.3 Å². The number of rotatable bonds is 3. The van der Waals surface area contributed by atoms with Crippen LogP contribution in [0.15, 0.2) is 65.6 Å². The maximum absolute atomic E-state index is 12.3. The summed E-state index contributed by atoms with van der Waals surface area (Å²) in [4.78, 5) is 0.912. The predicted molar refractivity (Wildman–Crippen MR) is 112 cm³/mol. The molecule has 3 rings (SSSR count). The molecule has 0 fully saturated rings. The topological polar surface area (TPSA) is 33.0 Å². The number of nitrogens with zero attached hydrogens (tertiary/aromatic N) is 1. The minimum atomic E-state index is -4.70. The molecule has 0 radical (unpaired) electrons. The third-order valence-corrected chi connectivity index (χ3v) is 5.09. The largest absolute Gasteiger partial charge is 0.573 e. The number of alkyl halides is 3. The number of ether oxygens (including phenoxy) is 1. The Balaban J connectivity index is 1.79. The molecular weight excluding hydrogens is 407 g/mol. The summed E-state index contributed by atoms with van der Waals surface area (Å²) in [5, 5.41) is 10.9. The second-order valence-corrected chi connectivity index (χ2v) is 7.35. The van der Waals surface area contributed by atoms with Crippen molar-refractivity contribution in [2.45, 2.75) is 25.1 Å². The van der Waals surface area contributed by atoms with Crippen LogP contribution in [0.2, 0.25) is 0 Å². The van der Waals surface area contributed by atoms with Gasteiger partial charge in [0.05, 0.1) is 0 Å². The molecule has 6 heteroatoms. The molecule has 0 saturated heterocycles. The van der Waals surface area contributed by atoms with Crippen LogP contribution in [0, 0.1) is 36.4 Å². The van der Waals surface area contributed by atoms with E-state index in [2.05, 4.69) is 22.0 Å². The molecule has 0 atom stereocenters. The molecule has 0 unspecified atom stereocenters. The SMILES string of the molecule is Cc1cc(-c2ccc(OC(F)(F)F)cc2)ccc1C#Cc1ccc(SC#N)c(C)c1. The summed E-state index contributed by atoms with van der Waals surface area (Å²) in [7, 11) is 0. The summed E-state index contributed by atoms with van der Waals surface area (Å²) in [6.45, 7) is 3.88. The molecule has 0 saturated carbocycles. The molecule has 3 aromatic rings. The summed E-state index contributed by atoms with van der Waals surface area (Å²) in [5.74, 6) is 6.04. The molecule has 0 N–H and O–H groups in total. The van der Waals surface area contributed by atoms with Gasteiger partial charge in [-0.1, -0.05) is 36.1 Å². The number of aryl methyl sites for hydroxylation is 2. The van der Waals surface area contributed by atoms with E-state index in [1.165, 1.54) is 12.1 Å². The minimum absolute atomic E-state index is 0.250. The van der Waals surface area contributed by atoms with Crippen molar-refractivity contribution in [3.63, 3.8) is 0 Å². The van der Waals surface area contributed by atoms with Crippen molar-refractivity contribution in [3.05, 3.63) is 82.9 Å². The lowest BCUT2D eigenvalue weighted by atomic mass is 10.00. The van der Waals surface area contributed by atoms with Crippen molar-refractivity contribution in [1.29, 1.82) is 5.26 Å². The monoisotopic (exact) mass is 423 g/mol. The number of benzene rings is 3. The van der Waals surface area contributed by atoms with Gasteiger partial charge in [-0.2, -0.15) is 5.26 Å². The lowest BCUT2D eigenvalue weighted by Gasteiger charge is -2.10. The van der Waals surface area contributed by atoms with E-state index in [0.29, 0.717) is 0 Å². The van der Waals surface area contributed by atoms with Gasteiger partial charge in [0.25, 0.3) is 0 Å². The Morgan fingerprint density at radius 3 is 2.13 bits per heavy atom. The lowest BCUT2D eigenvalue weighted by molar-refractivity contribution is -0.274. The summed E-state index contributed by atoms with van der Waals surface area (Å²) in [6, 6.07) is 17.2. The first-order valence-corrected chi connectivity index (χ1v) is 9.72. The first kappa shape index (κ1) is 21.4. The van der Waals surface area contributed by atoms with Crippen molar-refractivity contribution < 1.29 is 17.9 Å². The van der Waals surface area contributed by atoms with Crippen molar-refractivity contribution in [3.8, 4) is 34.1 Å². The number of halogens is 3. The molecule has 150 valence electrons. The third-order valence-electron chi connectivity index (χ3n) is 4.32. The van der Waals surface area contributed by atoms with E-state index in [1.807, 2.05) is 50.2 Å². The van der Waals surface area contributed by atoms with Crippen molar-refractivity contribution in [2.24, 2.45) is 0 Å². The molecule has 3 aromatic carbocycles. The highest BCUT2D eigenvalue weighted by Crippen LogP contribution is 2.27. The highest BCUT2D eigenvalue weighted by atomic mass is 32.2. The fourth-order valence-corrected chi connectivity index (χ4v) is 3.32. The molecule has 0 bridgehead atoms. The Kier molecular flexibility index (Phi) is 6.40. The fraction of sp³-hybridized carbons (Fsp3) is 0.125. The van der Waals surface area contributed by atoms with Crippen molar-refractivity contribution in [1.82, 2.24) is 0 Å². The van der Waals surface area contributed by atoms with Crippen LogP contribution < -0.4 is 4.74 Å². The second kappa shape index (κ2) is 8.98. The first-order chi connectivity index (χ1) is 14.2. The molecule has 0 aliphatic carbocycles. The summed E-state index contributed by atoms with van der Waals surface area (Å²) in [5.41, 5.74) is 5.35. The van der Waals surface area contributed by atoms with E-state index in [4.69, 9.17) is 5.26 Å². The van der Waals surface area contributed by atoms with Crippen LogP contribution in [0.25, 0.3) is 11.1 Å². The Morgan fingerprint density at radius 1 is 0.833 bits per heavy atom. The highest BCUT2D eigenvalue weighted by Gasteiger charge is 2.30. The molecule has 0 spiro atoms. The minimum Gasteiger partial charge on any atom is -0.406 e. The number of hydrogen-bond donors (Lipinski definition) is 0. The molecule has 0 aliphatic rings. The number of thioether (sulfide) groups is 1. The molecule has 2 nitrogen and oxygen atoms in total. The highest BCUT2D eigenvalue weighted by molar-refractivity contribution is 8.03. The number of hydrogen-bond acceptors (Lipinski definition) is 3. The van der Waals surface area contributed by atoms with E-state index in [0.717, 1.165) is 50.0 Å². The Morgan fingerprint density at radius 2 is 1.53 bits per heavy atom.